The van der Waals surface area contributed by atoms with Crippen molar-refractivity contribution in [1.82, 2.24) is 9.78 Å². The molecule has 1 aliphatic carbocycles. The van der Waals surface area contributed by atoms with Crippen molar-refractivity contribution in [2.24, 2.45) is 11.8 Å². The number of hydrogen-bond donors (Lipinski definition) is 1. The molecule has 2 rings (SSSR count). The van der Waals surface area contributed by atoms with Crippen molar-refractivity contribution in [3.63, 3.8) is 0 Å². The number of rotatable bonds is 7. The van der Waals surface area contributed by atoms with E-state index in [4.69, 9.17) is 0 Å². The van der Waals surface area contributed by atoms with Crippen molar-refractivity contribution in [3.05, 3.63) is 22.6 Å². The van der Waals surface area contributed by atoms with Gasteiger partial charge in [0.2, 0.25) is 0 Å². The van der Waals surface area contributed by atoms with Gasteiger partial charge in [-0.1, -0.05) is 20.3 Å². The van der Waals surface area contributed by atoms with E-state index in [0.717, 1.165) is 37.5 Å². The highest BCUT2D eigenvalue weighted by Gasteiger charge is 2.20. The third-order valence-corrected chi connectivity index (χ3v) is 3.43. The van der Waals surface area contributed by atoms with Crippen LogP contribution < -0.4 is 10.9 Å². The molecule has 4 heteroatoms. The van der Waals surface area contributed by atoms with Crippen molar-refractivity contribution in [2.75, 3.05) is 11.9 Å². The Kier molecular flexibility index (Phi) is 4.39. The van der Waals surface area contributed by atoms with Crippen molar-refractivity contribution in [3.8, 4) is 0 Å². The Morgan fingerprint density at radius 1 is 1.56 bits per heavy atom. The number of hydrogen-bond acceptors (Lipinski definition) is 3. The van der Waals surface area contributed by atoms with E-state index in [1.807, 2.05) is 0 Å². The first-order chi connectivity index (χ1) is 8.69. The van der Waals surface area contributed by atoms with Gasteiger partial charge in [0.05, 0.1) is 11.9 Å². The molecule has 0 saturated heterocycles. The maximum atomic E-state index is 11.9. The summed E-state index contributed by atoms with van der Waals surface area (Å²) in [5, 5.41) is 7.52. The van der Waals surface area contributed by atoms with Gasteiger partial charge in [0.15, 0.2) is 0 Å². The van der Waals surface area contributed by atoms with E-state index in [1.165, 1.54) is 12.8 Å². The lowest BCUT2D eigenvalue weighted by Crippen LogP contribution is -2.25. The summed E-state index contributed by atoms with van der Waals surface area (Å²) in [6.07, 6.45) is 6.67. The molecule has 0 bridgehead atoms. The molecule has 18 heavy (non-hydrogen) atoms. The molecule has 0 amide bonds. The molecule has 1 unspecified atom stereocenters. The zero-order chi connectivity index (χ0) is 13.0. The van der Waals surface area contributed by atoms with E-state index < -0.39 is 0 Å². The molecule has 0 aromatic carbocycles. The zero-order valence-electron chi connectivity index (χ0n) is 11.4. The van der Waals surface area contributed by atoms with Crippen LogP contribution in [0.5, 0.6) is 0 Å². The Bertz CT molecular complexity index is 437. The van der Waals surface area contributed by atoms with Crippen LogP contribution >= 0.6 is 0 Å². The third-order valence-electron chi connectivity index (χ3n) is 3.43. The normalized spacial score (nSPS) is 16.6. The minimum Gasteiger partial charge on any atom is -0.383 e. The van der Waals surface area contributed by atoms with Crippen LogP contribution in [0, 0.1) is 11.8 Å². The molecule has 1 N–H and O–H groups in total. The van der Waals surface area contributed by atoms with Crippen LogP contribution in [-0.4, -0.2) is 16.3 Å². The van der Waals surface area contributed by atoms with Crippen LogP contribution in [0.1, 0.15) is 39.5 Å². The quantitative estimate of drug-likeness (QED) is 0.807. The minimum atomic E-state index is -0.00116. The summed E-state index contributed by atoms with van der Waals surface area (Å²) in [6, 6.07) is 1.66. The van der Waals surface area contributed by atoms with Gasteiger partial charge in [0.1, 0.15) is 0 Å². The van der Waals surface area contributed by atoms with E-state index in [2.05, 4.69) is 24.3 Å². The van der Waals surface area contributed by atoms with Gasteiger partial charge in [0, 0.05) is 19.2 Å². The molecule has 0 aliphatic heterocycles. The van der Waals surface area contributed by atoms with Gasteiger partial charge in [-0.15, -0.1) is 0 Å². The topological polar surface area (TPSA) is 46.9 Å². The molecule has 1 saturated carbocycles. The summed E-state index contributed by atoms with van der Waals surface area (Å²) in [5.74, 6) is 1.31. The minimum absolute atomic E-state index is 0.00116. The lowest BCUT2D eigenvalue weighted by molar-refractivity contribution is 0.408. The van der Waals surface area contributed by atoms with E-state index >= 15 is 0 Å². The predicted octanol–water partition coefficient (Wildman–Crippen LogP) is 2.50. The van der Waals surface area contributed by atoms with Crippen LogP contribution in [0.15, 0.2) is 17.1 Å². The maximum absolute atomic E-state index is 11.9. The fourth-order valence-corrected chi connectivity index (χ4v) is 2.13. The lowest BCUT2D eigenvalue weighted by atomic mass is 10.1. The standard InChI is InChI=1S/C14H23N3O/c1-3-4-11(2)10-17-14(18)7-13(9-16-17)15-8-12-5-6-12/h7,9,11-12,15H,3-6,8,10H2,1-2H3. The van der Waals surface area contributed by atoms with E-state index in [1.54, 1.807) is 16.9 Å². The average Bonchev–Trinajstić information content (AvgIpc) is 3.14. The van der Waals surface area contributed by atoms with E-state index in [-0.39, 0.29) is 5.56 Å². The first kappa shape index (κ1) is 13.1. The van der Waals surface area contributed by atoms with Gasteiger partial charge in [-0.2, -0.15) is 5.10 Å². The third kappa shape index (κ3) is 3.86. The molecule has 1 aromatic rings. The Morgan fingerprint density at radius 2 is 2.33 bits per heavy atom. The summed E-state index contributed by atoms with van der Waals surface area (Å²) in [4.78, 5) is 11.9. The molecule has 100 valence electrons. The summed E-state index contributed by atoms with van der Waals surface area (Å²) < 4.78 is 1.57. The second-order valence-corrected chi connectivity index (χ2v) is 5.48. The number of aromatic nitrogens is 2. The Labute approximate surface area is 108 Å². The van der Waals surface area contributed by atoms with Crippen molar-refractivity contribution < 1.29 is 0 Å². The molecule has 0 radical (unpaired) electrons. The van der Waals surface area contributed by atoms with Gasteiger partial charge in [-0.3, -0.25) is 4.79 Å². The highest BCUT2D eigenvalue weighted by Crippen LogP contribution is 2.28. The number of nitrogens with zero attached hydrogens (tertiary/aromatic N) is 2. The fourth-order valence-electron chi connectivity index (χ4n) is 2.13. The molecule has 4 nitrogen and oxygen atoms in total. The monoisotopic (exact) mass is 249 g/mol. The molecular formula is C14H23N3O. The second-order valence-electron chi connectivity index (χ2n) is 5.48. The Morgan fingerprint density at radius 3 is 2.94 bits per heavy atom. The molecule has 1 aliphatic rings. The molecular weight excluding hydrogens is 226 g/mol. The van der Waals surface area contributed by atoms with Gasteiger partial charge in [-0.05, 0) is 31.1 Å². The van der Waals surface area contributed by atoms with Crippen LogP contribution in [0.4, 0.5) is 5.69 Å². The largest absolute Gasteiger partial charge is 0.383 e. The van der Waals surface area contributed by atoms with Gasteiger partial charge < -0.3 is 5.32 Å². The number of nitrogens with one attached hydrogen (secondary N) is 1. The molecule has 0 spiro atoms. The smallest absolute Gasteiger partial charge is 0.268 e. The Balaban J connectivity index is 1.93. The highest BCUT2D eigenvalue weighted by molar-refractivity contribution is 5.38. The Hall–Kier alpha value is -1.32. The number of anilines is 1. The first-order valence-electron chi connectivity index (χ1n) is 7.00. The first-order valence-corrected chi connectivity index (χ1v) is 7.00. The summed E-state index contributed by atoms with van der Waals surface area (Å²) in [7, 11) is 0. The van der Waals surface area contributed by atoms with Gasteiger partial charge in [-0.25, -0.2) is 4.68 Å². The summed E-state index contributed by atoms with van der Waals surface area (Å²) >= 11 is 0. The van der Waals surface area contributed by atoms with Gasteiger partial charge in [0.25, 0.3) is 5.56 Å². The SMILES string of the molecule is CCCC(C)Cn1ncc(NCC2CC2)cc1=O. The highest BCUT2D eigenvalue weighted by atomic mass is 16.1. The van der Waals surface area contributed by atoms with E-state index in [9.17, 15) is 4.79 Å². The van der Waals surface area contributed by atoms with Crippen LogP contribution in [0.2, 0.25) is 0 Å². The molecule has 1 heterocycles. The lowest BCUT2D eigenvalue weighted by Gasteiger charge is -2.12. The van der Waals surface area contributed by atoms with Crippen LogP contribution in [0.25, 0.3) is 0 Å². The van der Waals surface area contributed by atoms with Gasteiger partial charge >= 0.3 is 0 Å². The molecule has 1 fully saturated rings. The van der Waals surface area contributed by atoms with Crippen molar-refractivity contribution in [1.29, 1.82) is 0 Å². The van der Waals surface area contributed by atoms with E-state index in [0.29, 0.717) is 5.92 Å². The summed E-state index contributed by atoms with van der Waals surface area (Å²) in [6.45, 7) is 6.02. The van der Waals surface area contributed by atoms with Crippen LogP contribution in [-0.2, 0) is 6.54 Å². The van der Waals surface area contributed by atoms with Crippen LogP contribution in [0.3, 0.4) is 0 Å². The summed E-state index contributed by atoms with van der Waals surface area (Å²) in [5.41, 5.74) is 0.852. The average molecular weight is 249 g/mol. The second kappa shape index (κ2) is 6.03. The predicted molar refractivity (Wildman–Crippen MR) is 73.8 cm³/mol. The van der Waals surface area contributed by atoms with Crippen molar-refractivity contribution in [2.45, 2.75) is 46.1 Å². The molecule has 1 aromatic heterocycles. The van der Waals surface area contributed by atoms with Crippen molar-refractivity contribution >= 4 is 5.69 Å². The maximum Gasteiger partial charge on any atom is 0.268 e. The fraction of sp³-hybridized carbons (Fsp3) is 0.714. The molecule has 1 atom stereocenters. The zero-order valence-corrected chi connectivity index (χ0v) is 11.4.